The zero-order valence-corrected chi connectivity index (χ0v) is 17.7. The lowest BCUT2D eigenvalue weighted by atomic mass is 10.2. The van der Waals surface area contributed by atoms with E-state index in [1.54, 1.807) is 18.2 Å². The third-order valence-corrected chi connectivity index (χ3v) is 5.43. The van der Waals surface area contributed by atoms with Gasteiger partial charge in [-0.15, -0.1) is 6.42 Å². The number of nitrogens with zero attached hydrogens (tertiary/aromatic N) is 1. The van der Waals surface area contributed by atoms with Crippen LogP contribution < -0.4 is 4.74 Å². The summed E-state index contributed by atoms with van der Waals surface area (Å²) in [4.78, 5) is 37.3. The Morgan fingerprint density at radius 3 is 2.54 bits per heavy atom. The molecule has 2 rings (SSSR count). The minimum Gasteiger partial charge on any atom is -0.479 e. The van der Waals surface area contributed by atoms with Gasteiger partial charge in [-0.3, -0.25) is 14.5 Å². The highest BCUT2D eigenvalue weighted by molar-refractivity contribution is 9.11. The van der Waals surface area contributed by atoms with E-state index in [2.05, 4.69) is 42.5 Å². The van der Waals surface area contributed by atoms with E-state index in [0.29, 0.717) is 20.3 Å². The van der Waals surface area contributed by atoms with Crippen molar-refractivity contribution in [3.05, 3.63) is 31.5 Å². The van der Waals surface area contributed by atoms with Gasteiger partial charge in [0.15, 0.2) is 0 Å². The monoisotopic (exact) mass is 501 g/mol. The maximum atomic E-state index is 12.5. The van der Waals surface area contributed by atoms with E-state index in [1.165, 1.54) is 14.0 Å². The lowest BCUT2D eigenvalue weighted by molar-refractivity contribution is -0.148. The molecule has 0 aliphatic carbocycles. The molecule has 2 amide bonds. The van der Waals surface area contributed by atoms with Crippen molar-refractivity contribution in [1.29, 1.82) is 0 Å². The van der Waals surface area contributed by atoms with E-state index in [9.17, 15) is 14.4 Å². The highest BCUT2D eigenvalue weighted by atomic mass is 79.9. The molecule has 1 aromatic carbocycles. The molecule has 1 aliphatic heterocycles. The summed E-state index contributed by atoms with van der Waals surface area (Å²) in [5.41, 5.74) is 0.660. The normalized spacial score (nSPS) is 16.6. The third kappa shape index (κ3) is 4.31. The topological polar surface area (TPSA) is 72.9 Å². The van der Waals surface area contributed by atoms with Crippen molar-refractivity contribution in [1.82, 2.24) is 4.90 Å². The SMILES string of the molecule is C#CCOc1c(Br)cc(/C=C2/SC(=O)N([C@@H](C)C(=O)OC)C2=O)cc1Br. The number of hydrogen-bond acceptors (Lipinski definition) is 6. The number of rotatable bonds is 5. The Morgan fingerprint density at radius 1 is 1.38 bits per heavy atom. The predicted molar refractivity (Wildman–Crippen MR) is 105 cm³/mol. The largest absolute Gasteiger partial charge is 0.479 e. The van der Waals surface area contributed by atoms with E-state index in [0.717, 1.165) is 16.7 Å². The van der Waals surface area contributed by atoms with Crippen molar-refractivity contribution < 1.29 is 23.9 Å². The standard InChI is InChI=1S/C17H13Br2NO5S/c1-4-5-25-14-11(18)6-10(7-12(14)19)8-13-15(21)20(17(23)26-13)9(2)16(22)24-3/h1,6-9H,5H2,2-3H3/b13-8+/t9-/m0/s1. The van der Waals surface area contributed by atoms with Crippen LogP contribution in [0.25, 0.3) is 6.08 Å². The summed E-state index contributed by atoms with van der Waals surface area (Å²) < 4.78 is 11.3. The molecule has 1 aromatic rings. The van der Waals surface area contributed by atoms with Crippen LogP contribution in [0, 0.1) is 12.3 Å². The van der Waals surface area contributed by atoms with Gasteiger partial charge in [-0.25, -0.2) is 4.79 Å². The highest BCUT2D eigenvalue weighted by Crippen LogP contribution is 2.38. The molecule has 0 spiro atoms. The summed E-state index contributed by atoms with van der Waals surface area (Å²) in [6.45, 7) is 1.55. The van der Waals surface area contributed by atoms with Gasteiger partial charge < -0.3 is 9.47 Å². The van der Waals surface area contributed by atoms with Crippen molar-refractivity contribution in [2.24, 2.45) is 0 Å². The van der Waals surface area contributed by atoms with Crippen LogP contribution in [-0.2, 0) is 14.3 Å². The first-order valence-corrected chi connectivity index (χ1v) is 9.60. The smallest absolute Gasteiger partial charge is 0.328 e. The van der Waals surface area contributed by atoms with Crippen molar-refractivity contribution in [3.63, 3.8) is 0 Å². The quantitative estimate of drug-likeness (QED) is 0.346. The van der Waals surface area contributed by atoms with Crippen LogP contribution in [0.5, 0.6) is 5.75 Å². The van der Waals surface area contributed by atoms with Crippen LogP contribution in [0.15, 0.2) is 26.0 Å². The summed E-state index contributed by atoms with van der Waals surface area (Å²) >= 11 is 7.53. The first-order chi connectivity index (χ1) is 12.3. The average molecular weight is 503 g/mol. The van der Waals surface area contributed by atoms with Gasteiger partial charge in [0.2, 0.25) is 0 Å². The summed E-state index contributed by atoms with van der Waals surface area (Å²) in [5, 5.41) is -0.522. The Morgan fingerprint density at radius 2 is 2.00 bits per heavy atom. The molecular formula is C17H13Br2NO5S. The number of terminal acetylenes is 1. The van der Waals surface area contributed by atoms with Gasteiger partial charge in [0.05, 0.1) is 21.0 Å². The fraction of sp³-hybridized carbons (Fsp3) is 0.235. The Balaban J connectivity index is 2.31. The van der Waals surface area contributed by atoms with Gasteiger partial charge in [-0.2, -0.15) is 0 Å². The number of thioether (sulfide) groups is 1. The summed E-state index contributed by atoms with van der Waals surface area (Å²) in [6.07, 6.45) is 6.75. The van der Waals surface area contributed by atoms with Gasteiger partial charge >= 0.3 is 5.97 Å². The molecule has 0 saturated carbocycles. The summed E-state index contributed by atoms with van der Waals surface area (Å²) in [7, 11) is 1.20. The first-order valence-electron chi connectivity index (χ1n) is 7.20. The number of imide groups is 1. The number of benzene rings is 1. The number of ether oxygens (including phenoxy) is 2. The third-order valence-electron chi connectivity index (χ3n) is 3.37. The van der Waals surface area contributed by atoms with Crippen LogP contribution in [0.2, 0.25) is 0 Å². The molecule has 1 heterocycles. The number of esters is 1. The van der Waals surface area contributed by atoms with E-state index < -0.39 is 23.2 Å². The lowest BCUT2D eigenvalue weighted by Crippen LogP contribution is -2.42. The molecule has 6 nitrogen and oxygen atoms in total. The van der Waals surface area contributed by atoms with E-state index >= 15 is 0 Å². The molecule has 0 radical (unpaired) electrons. The molecule has 0 bridgehead atoms. The predicted octanol–water partition coefficient (Wildman–Crippen LogP) is 3.82. The van der Waals surface area contributed by atoms with Crippen molar-refractivity contribution >= 4 is 66.8 Å². The number of amides is 2. The van der Waals surface area contributed by atoms with Crippen LogP contribution in [0.4, 0.5) is 4.79 Å². The minimum absolute atomic E-state index is 0.112. The first kappa shape index (κ1) is 20.6. The molecule has 0 N–H and O–H groups in total. The second-order valence-electron chi connectivity index (χ2n) is 5.06. The van der Waals surface area contributed by atoms with Crippen molar-refractivity contribution in [2.45, 2.75) is 13.0 Å². The number of hydrogen-bond donors (Lipinski definition) is 0. The van der Waals surface area contributed by atoms with Crippen LogP contribution in [0.3, 0.4) is 0 Å². The number of halogens is 2. The van der Waals surface area contributed by atoms with Crippen LogP contribution >= 0.6 is 43.6 Å². The minimum atomic E-state index is -0.989. The molecule has 1 saturated heterocycles. The average Bonchev–Trinajstić information content (AvgIpc) is 2.86. The van der Waals surface area contributed by atoms with E-state index in [4.69, 9.17) is 11.2 Å². The van der Waals surface area contributed by atoms with E-state index in [1.807, 2.05) is 0 Å². The molecule has 1 atom stereocenters. The molecule has 1 aliphatic rings. The molecule has 1 fully saturated rings. The lowest BCUT2D eigenvalue weighted by Gasteiger charge is -2.18. The molecular weight excluding hydrogens is 490 g/mol. The van der Waals surface area contributed by atoms with Gasteiger partial charge in [0.25, 0.3) is 11.1 Å². The zero-order valence-electron chi connectivity index (χ0n) is 13.7. The molecule has 136 valence electrons. The molecule has 9 heteroatoms. The number of carbonyl (C=O) groups excluding carboxylic acids is 3. The van der Waals surface area contributed by atoms with Gasteiger partial charge in [-0.05, 0) is 74.3 Å². The van der Waals surface area contributed by atoms with Gasteiger partial charge in [-0.1, -0.05) is 5.92 Å². The van der Waals surface area contributed by atoms with E-state index in [-0.39, 0.29) is 11.5 Å². The van der Waals surface area contributed by atoms with Crippen molar-refractivity contribution in [2.75, 3.05) is 13.7 Å². The fourth-order valence-corrected chi connectivity index (χ4v) is 4.51. The Bertz CT molecular complexity index is 823. The zero-order chi connectivity index (χ0) is 19.4. The molecule has 0 aromatic heterocycles. The molecule has 26 heavy (non-hydrogen) atoms. The second kappa shape index (κ2) is 8.75. The highest BCUT2D eigenvalue weighted by Gasteiger charge is 2.41. The number of methoxy groups -OCH3 is 1. The number of carbonyl (C=O) groups is 3. The molecule has 0 unspecified atom stereocenters. The Labute approximate surface area is 171 Å². The van der Waals surface area contributed by atoms with Crippen LogP contribution in [-0.4, -0.2) is 41.8 Å². The second-order valence-corrected chi connectivity index (χ2v) is 7.76. The Kier molecular flexibility index (Phi) is 6.92. The maximum absolute atomic E-state index is 12.5. The maximum Gasteiger partial charge on any atom is 0.328 e. The Hall–Kier alpha value is -1.76. The van der Waals surface area contributed by atoms with Crippen LogP contribution in [0.1, 0.15) is 12.5 Å². The summed E-state index contributed by atoms with van der Waals surface area (Å²) in [5.74, 6) is 1.71. The fourth-order valence-electron chi connectivity index (χ4n) is 2.16. The summed E-state index contributed by atoms with van der Waals surface area (Å²) in [6, 6.07) is 2.47. The van der Waals surface area contributed by atoms with Gasteiger partial charge in [0, 0.05) is 0 Å². The van der Waals surface area contributed by atoms with Gasteiger partial charge in [0.1, 0.15) is 18.4 Å². The van der Waals surface area contributed by atoms with Crippen molar-refractivity contribution in [3.8, 4) is 18.1 Å².